The molecule has 5 heteroatoms. The van der Waals surface area contributed by atoms with Crippen LogP contribution in [0.2, 0.25) is 0 Å². The second kappa shape index (κ2) is 33.4. The van der Waals surface area contributed by atoms with Crippen LogP contribution in [-0.4, -0.2) is 52.2 Å². The summed E-state index contributed by atoms with van der Waals surface area (Å²) in [7, 11) is 0. The largest absolute Gasteiger partial charge is 0.463 e. The summed E-state index contributed by atoms with van der Waals surface area (Å²) in [5.41, 5.74) is 0. The second-order valence-corrected chi connectivity index (χ2v) is 10.5. The van der Waals surface area contributed by atoms with E-state index in [1.807, 2.05) is 0 Å². The molecule has 0 unspecified atom stereocenters. The number of hydrogen-bond donors (Lipinski definition) is 0. The number of carbonyl (C=O) groups excluding carboxylic acids is 1. The highest BCUT2D eigenvalue weighted by molar-refractivity contribution is 5.69. The smallest absolute Gasteiger partial charge is 0.305 e. The molecular formula is C32H64O5. The average Bonchev–Trinajstić information content (AvgIpc) is 2.90. The molecule has 0 aromatic heterocycles. The molecule has 0 aliphatic carbocycles. The zero-order valence-corrected chi connectivity index (χ0v) is 25.0. The van der Waals surface area contributed by atoms with Crippen LogP contribution in [-0.2, 0) is 23.7 Å². The predicted octanol–water partition coefficient (Wildman–Crippen LogP) is 9.20. The topological polar surface area (TPSA) is 54.0 Å². The molecule has 0 aliphatic rings. The lowest BCUT2D eigenvalue weighted by molar-refractivity contribution is -0.145. The summed E-state index contributed by atoms with van der Waals surface area (Å²) < 4.78 is 21.8. The Hall–Kier alpha value is -0.650. The van der Waals surface area contributed by atoms with Crippen LogP contribution >= 0.6 is 0 Å². The highest BCUT2D eigenvalue weighted by Gasteiger charge is 2.03. The Morgan fingerprint density at radius 1 is 0.378 bits per heavy atom. The summed E-state index contributed by atoms with van der Waals surface area (Å²) in [6, 6.07) is 0. The van der Waals surface area contributed by atoms with E-state index < -0.39 is 0 Å². The molecule has 0 aliphatic heterocycles. The van der Waals surface area contributed by atoms with Crippen molar-refractivity contribution in [3.63, 3.8) is 0 Å². The van der Waals surface area contributed by atoms with Gasteiger partial charge in [-0.25, -0.2) is 0 Å². The van der Waals surface area contributed by atoms with E-state index in [2.05, 4.69) is 13.8 Å². The van der Waals surface area contributed by atoms with Crippen molar-refractivity contribution in [2.45, 2.75) is 155 Å². The minimum absolute atomic E-state index is 0.0999. The zero-order chi connectivity index (χ0) is 26.9. The number of ether oxygens (including phenoxy) is 4. The van der Waals surface area contributed by atoms with Gasteiger partial charge in [0.1, 0.15) is 6.61 Å². The summed E-state index contributed by atoms with van der Waals surface area (Å²) in [6.07, 6.45) is 28.2. The monoisotopic (exact) mass is 528 g/mol. The molecule has 0 amide bonds. The molecule has 5 nitrogen and oxygen atoms in total. The molecule has 0 atom stereocenters. The van der Waals surface area contributed by atoms with E-state index in [1.165, 1.54) is 116 Å². The predicted molar refractivity (Wildman–Crippen MR) is 156 cm³/mol. The van der Waals surface area contributed by atoms with Crippen LogP contribution < -0.4 is 0 Å². The minimum atomic E-state index is -0.0999. The van der Waals surface area contributed by atoms with Gasteiger partial charge in [0.25, 0.3) is 0 Å². The van der Waals surface area contributed by atoms with Gasteiger partial charge in [0.15, 0.2) is 0 Å². The molecule has 0 spiro atoms. The Morgan fingerprint density at radius 3 is 1.14 bits per heavy atom. The van der Waals surface area contributed by atoms with Crippen molar-refractivity contribution in [3.05, 3.63) is 0 Å². The molecule has 0 saturated carbocycles. The molecule has 0 aromatic rings. The highest BCUT2D eigenvalue weighted by atomic mass is 16.6. The minimum Gasteiger partial charge on any atom is -0.463 e. The summed E-state index contributed by atoms with van der Waals surface area (Å²) in [5.74, 6) is -0.0999. The van der Waals surface area contributed by atoms with E-state index in [4.69, 9.17) is 18.9 Å². The Morgan fingerprint density at radius 2 is 0.703 bits per heavy atom. The first-order valence-corrected chi connectivity index (χ1v) is 16.2. The average molecular weight is 529 g/mol. The van der Waals surface area contributed by atoms with Crippen molar-refractivity contribution < 1.29 is 23.7 Å². The van der Waals surface area contributed by atoms with Crippen LogP contribution in [0.1, 0.15) is 155 Å². The summed E-state index contributed by atoms with van der Waals surface area (Å²) >= 11 is 0. The molecule has 0 heterocycles. The normalized spacial score (nSPS) is 11.3. The van der Waals surface area contributed by atoms with Crippen molar-refractivity contribution in [2.75, 3.05) is 46.2 Å². The van der Waals surface area contributed by atoms with Gasteiger partial charge in [-0.3, -0.25) is 4.79 Å². The van der Waals surface area contributed by atoms with Gasteiger partial charge in [0.05, 0.1) is 33.0 Å². The summed E-state index contributed by atoms with van der Waals surface area (Å²) in [4.78, 5) is 11.8. The molecule has 0 bridgehead atoms. The maximum absolute atomic E-state index is 11.8. The van der Waals surface area contributed by atoms with Gasteiger partial charge in [-0.05, 0) is 12.8 Å². The zero-order valence-electron chi connectivity index (χ0n) is 25.0. The lowest BCUT2D eigenvalue weighted by atomic mass is 10.0. The van der Waals surface area contributed by atoms with Crippen LogP contribution in [0.4, 0.5) is 0 Å². The molecular weight excluding hydrogens is 464 g/mol. The van der Waals surface area contributed by atoms with Crippen molar-refractivity contribution in [1.82, 2.24) is 0 Å². The molecule has 37 heavy (non-hydrogen) atoms. The number of carbonyl (C=O) groups is 1. The van der Waals surface area contributed by atoms with E-state index in [1.54, 1.807) is 0 Å². The maximum Gasteiger partial charge on any atom is 0.305 e. The lowest BCUT2D eigenvalue weighted by Gasteiger charge is -2.08. The second-order valence-electron chi connectivity index (χ2n) is 10.5. The van der Waals surface area contributed by atoms with Gasteiger partial charge < -0.3 is 18.9 Å². The Bertz CT molecular complexity index is 429. The quantitative estimate of drug-likeness (QED) is 0.0643. The third-order valence-electron chi connectivity index (χ3n) is 6.86. The van der Waals surface area contributed by atoms with Crippen LogP contribution in [0, 0.1) is 0 Å². The van der Waals surface area contributed by atoms with Gasteiger partial charge in [-0.2, -0.15) is 0 Å². The Labute approximate surface area is 231 Å². The SMILES string of the molecule is CCCCCCCCCCCCCCCCCC(=O)OCCOCCOCCOCCCCCCCC. The Balaban J connectivity index is 3.14. The van der Waals surface area contributed by atoms with Crippen LogP contribution in [0.15, 0.2) is 0 Å². The van der Waals surface area contributed by atoms with Crippen molar-refractivity contribution in [2.24, 2.45) is 0 Å². The van der Waals surface area contributed by atoms with Gasteiger partial charge in [-0.1, -0.05) is 136 Å². The summed E-state index contributed by atoms with van der Waals surface area (Å²) in [5, 5.41) is 0. The fraction of sp³-hybridized carbons (Fsp3) is 0.969. The van der Waals surface area contributed by atoms with Gasteiger partial charge in [0, 0.05) is 13.0 Å². The molecule has 0 radical (unpaired) electrons. The fourth-order valence-corrected chi connectivity index (χ4v) is 4.45. The summed E-state index contributed by atoms with van der Waals surface area (Å²) in [6.45, 7) is 8.44. The number of unbranched alkanes of at least 4 members (excludes halogenated alkanes) is 19. The number of rotatable bonds is 32. The Kier molecular flexibility index (Phi) is 32.8. The maximum atomic E-state index is 11.8. The van der Waals surface area contributed by atoms with Crippen LogP contribution in [0.3, 0.4) is 0 Å². The van der Waals surface area contributed by atoms with Crippen molar-refractivity contribution in [1.29, 1.82) is 0 Å². The lowest BCUT2D eigenvalue weighted by Crippen LogP contribution is -2.14. The van der Waals surface area contributed by atoms with Crippen LogP contribution in [0.25, 0.3) is 0 Å². The first kappa shape index (κ1) is 36.4. The standard InChI is InChI=1S/C32H64O5/c1-3-5-7-9-11-12-13-14-15-16-17-18-19-20-22-24-32(33)37-31-30-36-29-28-35-27-26-34-25-23-21-10-8-6-4-2/h3-31H2,1-2H3. The van der Waals surface area contributed by atoms with Crippen molar-refractivity contribution in [3.8, 4) is 0 Å². The van der Waals surface area contributed by atoms with E-state index >= 15 is 0 Å². The van der Waals surface area contributed by atoms with E-state index in [0.717, 1.165) is 25.9 Å². The number of esters is 1. The van der Waals surface area contributed by atoms with E-state index in [9.17, 15) is 4.79 Å². The molecule has 0 fully saturated rings. The van der Waals surface area contributed by atoms with Crippen LogP contribution in [0.5, 0.6) is 0 Å². The van der Waals surface area contributed by atoms with Gasteiger partial charge >= 0.3 is 5.97 Å². The molecule has 0 aromatic carbocycles. The molecule has 0 N–H and O–H groups in total. The van der Waals surface area contributed by atoms with Crippen molar-refractivity contribution >= 4 is 5.97 Å². The fourth-order valence-electron chi connectivity index (χ4n) is 4.45. The van der Waals surface area contributed by atoms with E-state index in [-0.39, 0.29) is 5.97 Å². The third-order valence-corrected chi connectivity index (χ3v) is 6.86. The highest BCUT2D eigenvalue weighted by Crippen LogP contribution is 2.14. The molecule has 222 valence electrons. The third kappa shape index (κ3) is 33.3. The van der Waals surface area contributed by atoms with Gasteiger partial charge in [0.2, 0.25) is 0 Å². The van der Waals surface area contributed by atoms with E-state index in [0.29, 0.717) is 46.1 Å². The van der Waals surface area contributed by atoms with Gasteiger partial charge in [-0.15, -0.1) is 0 Å². The first-order valence-electron chi connectivity index (χ1n) is 16.2. The first-order chi connectivity index (χ1) is 18.3. The molecule has 0 saturated heterocycles. The number of hydrogen-bond acceptors (Lipinski definition) is 5. The molecule has 0 rings (SSSR count).